The number of β-lactam (4-membered cyclic amide) rings is 1. The van der Waals surface area contributed by atoms with Gasteiger partial charge in [0, 0.05) is 43.1 Å². The molecule has 4 aromatic rings. The van der Waals surface area contributed by atoms with Gasteiger partial charge in [-0.3, -0.25) is 19.9 Å². The molecule has 6 heterocycles. The predicted octanol–water partition coefficient (Wildman–Crippen LogP) is -0.393. The van der Waals surface area contributed by atoms with Gasteiger partial charge in [0.05, 0.1) is 35.5 Å². The Morgan fingerprint density at radius 3 is 2.75 bits per heavy atom. The molecule has 21 heteroatoms. The van der Waals surface area contributed by atoms with Crippen molar-refractivity contribution in [3.05, 3.63) is 70.9 Å². The van der Waals surface area contributed by atoms with Crippen molar-refractivity contribution >= 4 is 80.8 Å². The molecule has 53 heavy (non-hydrogen) atoms. The second-order valence-electron chi connectivity index (χ2n) is 12.6. The molecule has 0 radical (unpaired) electrons. The number of oxime groups is 1. The number of carbonyl (C=O) groups excluding carboxylic acids is 3. The van der Waals surface area contributed by atoms with Crippen molar-refractivity contribution in [3.8, 4) is 0 Å². The Hall–Kier alpha value is -6.09. The molecule has 2 amide bonds. The molecule has 0 saturated carbocycles. The highest BCUT2D eigenvalue weighted by molar-refractivity contribution is 8.00. The Kier molecular flexibility index (Phi) is 10.0. The van der Waals surface area contributed by atoms with Crippen molar-refractivity contribution in [2.24, 2.45) is 10.1 Å². The van der Waals surface area contributed by atoms with Gasteiger partial charge in [-0.25, -0.2) is 24.3 Å². The third kappa shape index (κ3) is 7.60. The molecule has 0 spiro atoms. The first-order valence-corrected chi connectivity index (χ1v) is 17.7. The number of carbonyl (C=O) groups is 4. The number of thioether (sulfide) groups is 1. The smallest absolute Gasteiger partial charge is 0.350 e. The number of hydrogen-bond acceptors (Lipinski definition) is 14. The zero-order valence-corrected chi connectivity index (χ0v) is 30.3. The monoisotopic (exact) mass is 763 g/mol. The highest BCUT2D eigenvalue weighted by Crippen LogP contribution is 2.40. The van der Waals surface area contributed by atoms with Gasteiger partial charge < -0.3 is 44.8 Å². The number of nitrogen functional groups attached to an aromatic ring is 1. The van der Waals surface area contributed by atoms with Crippen LogP contribution in [-0.2, 0) is 37.1 Å². The van der Waals surface area contributed by atoms with Gasteiger partial charge in [0.1, 0.15) is 29.1 Å². The third-order valence-corrected chi connectivity index (χ3v) is 10.1. The predicted molar refractivity (Wildman–Crippen MR) is 190 cm³/mol. The molecular weight excluding hydrogens is 731 g/mol. The number of aliphatic imine (C=N–C) groups is 1. The number of aromatic nitrogens is 4. The number of hydrogen-bond donors (Lipinski definition) is 4. The zero-order valence-electron chi connectivity index (χ0n) is 28.7. The van der Waals surface area contributed by atoms with Gasteiger partial charge in [-0.1, -0.05) is 5.16 Å². The second-order valence-corrected chi connectivity index (χ2v) is 14.6. The quantitative estimate of drug-likeness (QED) is 0.0445. The van der Waals surface area contributed by atoms with E-state index in [1.54, 1.807) is 29.8 Å². The molecule has 276 valence electrons. The van der Waals surface area contributed by atoms with Crippen LogP contribution in [0.4, 0.5) is 5.13 Å². The fourth-order valence-electron chi connectivity index (χ4n) is 5.33. The first-order chi connectivity index (χ1) is 25.1. The van der Waals surface area contributed by atoms with Gasteiger partial charge in [0.15, 0.2) is 35.6 Å². The lowest BCUT2D eigenvalue weighted by Crippen LogP contribution is -2.71. The Balaban J connectivity index is 1.16. The number of anilines is 1. The van der Waals surface area contributed by atoms with Crippen LogP contribution in [0.15, 0.2) is 68.2 Å². The van der Waals surface area contributed by atoms with E-state index in [1.165, 1.54) is 43.6 Å². The van der Waals surface area contributed by atoms with Gasteiger partial charge in [0.25, 0.3) is 11.8 Å². The molecule has 0 unspecified atom stereocenters. The van der Waals surface area contributed by atoms with Crippen LogP contribution in [0.2, 0.25) is 0 Å². The molecule has 2 aliphatic heterocycles. The van der Waals surface area contributed by atoms with Crippen LogP contribution in [-0.4, -0.2) is 108 Å². The standard InChI is InChI=1S/C32H33N11O8S2/c1-32(2,30(48)49)51-39-22(19-14-53-31(34)37-19)26(44)38-23-27(45)43-24(29(46)47)17(13-52-28(23)43)10-41-7-6-20-16(9-41)5-8-42(20)11-21-36-18(12-50-21)25(33)35-15-40(3)4/h5-9,12,14-15,23,28,33H,10-11,13H2,1-4H3,(H4-,34,37,38,44,46,47,48,49)/b33-25?,35-15?,39-22-/t23-,28-/m1/s1. The van der Waals surface area contributed by atoms with Gasteiger partial charge in [0.2, 0.25) is 11.5 Å². The summed E-state index contributed by atoms with van der Waals surface area (Å²) in [5.41, 5.74) is 4.84. The summed E-state index contributed by atoms with van der Waals surface area (Å²) in [6, 6.07) is 2.62. The lowest BCUT2D eigenvalue weighted by molar-refractivity contribution is -0.687. The summed E-state index contributed by atoms with van der Waals surface area (Å²) in [5.74, 6) is -3.87. The number of fused-ring (bicyclic) bond motifs is 2. The summed E-state index contributed by atoms with van der Waals surface area (Å²) in [6.45, 7) is 2.91. The van der Waals surface area contributed by atoms with Crippen LogP contribution in [0.5, 0.6) is 0 Å². The van der Waals surface area contributed by atoms with Gasteiger partial charge in [-0.2, -0.15) is 0 Å². The summed E-state index contributed by atoms with van der Waals surface area (Å²) in [6.07, 6.45) is 8.36. The van der Waals surface area contributed by atoms with Crippen molar-refractivity contribution in [2.75, 3.05) is 25.6 Å². The van der Waals surface area contributed by atoms with Crippen molar-refractivity contribution < 1.29 is 43.2 Å². The number of pyridine rings is 1. The molecule has 1 saturated heterocycles. The molecule has 2 aliphatic rings. The van der Waals surface area contributed by atoms with Gasteiger partial charge >= 0.3 is 5.97 Å². The fraction of sp³-hybridized carbons (Fsp3) is 0.312. The lowest BCUT2D eigenvalue weighted by atomic mass is 10.0. The third-order valence-electron chi connectivity index (χ3n) is 8.05. The van der Waals surface area contributed by atoms with E-state index in [0.717, 1.165) is 27.1 Å². The minimum absolute atomic E-state index is 0.00239. The Morgan fingerprint density at radius 1 is 1.30 bits per heavy atom. The number of carboxylic acids is 2. The first-order valence-electron chi connectivity index (χ1n) is 15.7. The van der Waals surface area contributed by atoms with Crippen LogP contribution >= 0.6 is 23.1 Å². The Bertz CT molecular complexity index is 2240. The van der Waals surface area contributed by atoms with Crippen LogP contribution in [0.3, 0.4) is 0 Å². The minimum atomic E-state index is -1.79. The van der Waals surface area contributed by atoms with E-state index in [1.807, 2.05) is 29.1 Å². The van der Waals surface area contributed by atoms with Crippen LogP contribution < -0.4 is 20.7 Å². The number of amidine groups is 1. The van der Waals surface area contributed by atoms with Crippen molar-refractivity contribution in [2.45, 2.75) is 44.0 Å². The summed E-state index contributed by atoms with van der Waals surface area (Å²) >= 11 is 2.28. The maximum Gasteiger partial charge on any atom is 0.350 e. The SMILES string of the molecule is CN(C)C=NC(=N)c1coc(Cn2ccc3c[n+](CC4=C(C(=O)[O-])N5C(=O)[C@@H](NC(=O)/C(=N\OC(C)(C)C(=O)O)c6csc(N)n6)[C@H]5SC4)ccc32)n1. The lowest BCUT2D eigenvalue weighted by Gasteiger charge is -2.50. The first kappa shape index (κ1) is 36.7. The van der Waals surface area contributed by atoms with E-state index < -0.39 is 46.5 Å². The highest BCUT2D eigenvalue weighted by atomic mass is 32.2. The van der Waals surface area contributed by atoms with E-state index >= 15 is 0 Å². The minimum Gasteiger partial charge on any atom is -0.543 e. The topological polar surface area (TPSA) is 262 Å². The zero-order chi connectivity index (χ0) is 38.2. The number of aliphatic carboxylic acids is 2. The van der Waals surface area contributed by atoms with Crippen molar-refractivity contribution in [3.63, 3.8) is 0 Å². The Morgan fingerprint density at radius 2 is 2.08 bits per heavy atom. The normalized spacial score (nSPS) is 17.5. The van der Waals surface area contributed by atoms with Crippen LogP contribution in [0, 0.1) is 5.41 Å². The van der Waals surface area contributed by atoms with Crippen LogP contribution in [0.25, 0.3) is 10.9 Å². The number of carboxylic acid groups (broad SMARTS) is 2. The van der Waals surface area contributed by atoms with Gasteiger partial charge in [-0.05, 0) is 19.9 Å². The molecule has 2 atom stereocenters. The Labute approximate surface area is 308 Å². The molecule has 1 fully saturated rings. The molecular formula is C32H33N11O8S2. The maximum atomic E-state index is 13.4. The molecule has 4 aromatic heterocycles. The number of rotatable bonds is 13. The second kappa shape index (κ2) is 14.5. The maximum absolute atomic E-state index is 13.4. The summed E-state index contributed by atoms with van der Waals surface area (Å²) in [5, 5.41) is 37.8. The molecule has 0 bridgehead atoms. The average molecular weight is 764 g/mol. The van der Waals surface area contributed by atoms with E-state index in [4.69, 9.17) is 20.4 Å². The number of nitrogens with zero attached hydrogens (tertiary/aromatic N) is 8. The van der Waals surface area contributed by atoms with Crippen molar-refractivity contribution in [1.29, 1.82) is 5.41 Å². The van der Waals surface area contributed by atoms with E-state index in [-0.39, 0.29) is 34.7 Å². The largest absolute Gasteiger partial charge is 0.543 e. The molecule has 5 N–H and O–H groups in total. The molecule has 0 aliphatic carbocycles. The summed E-state index contributed by atoms with van der Waals surface area (Å²) in [4.78, 5) is 71.1. The molecule has 6 rings (SSSR count). The molecule has 0 aromatic carbocycles. The number of nitrogens with one attached hydrogen (secondary N) is 2. The van der Waals surface area contributed by atoms with Crippen LogP contribution in [0.1, 0.15) is 31.1 Å². The van der Waals surface area contributed by atoms with E-state index in [0.29, 0.717) is 23.7 Å². The summed E-state index contributed by atoms with van der Waals surface area (Å²) in [7, 11) is 3.59. The number of amides is 2. The number of oxazole rings is 1. The van der Waals surface area contributed by atoms with Gasteiger partial charge in [-0.15, -0.1) is 23.1 Å². The summed E-state index contributed by atoms with van der Waals surface area (Å²) < 4.78 is 9.28. The number of thiazole rings is 1. The molecule has 19 nitrogen and oxygen atoms in total. The highest BCUT2D eigenvalue weighted by Gasteiger charge is 2.53. The average Bonchev–Trinajstić information content (AvgIpc) is 3.86. The fourth-order valence-corrected chi connectivity index (χ4v) is 7.21. The number of nitrogens with two attached hydrogens (primary N) is 1. The van der Waals surface area contributed by atoms with E-state index in [9.17, 15) is 29.4 Å². The van der Waals surface area contributed by atoms with E-state index in [2.05, 4.69) is 25.4 Å². The van der Waals surface area contributed by atoms with Crippen molar-refractivity contribution in [1.82, 2.24) is 29.7 Å².